The van der Waals surface area contributed by atoms with Crippen LogP contribution in [0.2, 0.25) is 26.2 Å². The van der Waals surface area contributed by atoms with Crippen LogP contribution < -0.4 is 0 Å². The summed E-state index contributed by atoms with van der Waals surface area (Å²) in [6.07, 6.45) is 0. The molecule has 0 aliphatic rings. The van der Waals surface area contributed by atoms with E-state index in [1.807, 2.05) is 0 Å². The molecule has 0 radical (unpaired) electrons. The lowest BCUT2D eigenvalue weighted by atomic mass is 11.9. The second kappa shape index (κ2) is 4.96. The molecule has 0 bridgehead atoms. The van der Waals surface area contributed by atoms with Gasteiger partial charge in [0.15, 0.2) is 0 Å². The minimum Gasteiger partial charge on any atom is -0.132 e. The summed E-state index contributed by atoms with van der Waals surface area (Å²) in [5.41, 5.74) is 0. The molecule has 0 atom stereocenters. The molecule has 0 aliphatic heterocycles. The molecular formula is C4H14S2Si2. The Morgan fingerprint density at radius 3 is 1.12 bits per heavy atom. The Hall–Kier alpha value is 1.13. The first kappa shape index (κ1) is 9.13. The van der Waals surface area contributed by atoms with Crippen molar-refractivity contribution in [2.24, 2.45) is 0 Å². The highest BCUT2D eigenvalue weighted by Crippen LogP contribution is 2.26. The summed E-state index contributed by atoms with van der Waals surface area (Å²) in [5.74, 6) is 0. The van der Waals surface area contributed by atoms with Crippen molar-refractivity contribution in [1.82, 2.24) is 0 Å². The summed E-state index contributed by atoms with van der Waals surface area (Å²) >= 11 is 0. The van der Waals surface area contributed by atoms with Crippen LogP contribution in [0, 0.1) is 0 Å². The summed E-state index contributed by atoms with van der Waals surface area (Å²) < 4.78 is 0. The second-order valence-corrected chi connectivity index (χ2v) is 17.1. The summed E-state index contributed by atoms with van der Waals surface area (Å²) in [4.78, 5) is 0. The Morgan fingerprint density at radius 1 is 0.750 bits per heavy atom. The molecule has 8 heavy (non-hydrogen) atoms. The summed E-state index contributed by atoms with van der Waals surface area (Å²) in [7, 11) is 3.69. The monoisotopic (exact) mass is 182 g/mol. The minimum absolute atomic E-state index is 0.312. The van der Waals surface area contributed by atoms with Crippen LogP contribution in [0.3, 0.4) is 0 Å². The van der Waals surface area contributed by atoms with E-state index in [2.05, 4.69) is 46.7 Å². The molecule has 0 aromatic rings. The average molecular weight is 182 g/mol. The maximum absolute atomic E-state index is 2.38. The molecule has 0 heterocycles. The molecule has 0 rings (SSSR count). The van der Waals surface area contributed by atoms with Crippen LogP contribution >= 0.6 is 20.5 Å². The third-order valence-electron chi connectivity index (χ3n) is 0.440. The van der Waals surface area contributed by atoms with Crippen molar-refractivity contribution in [3.05, 3.63) is 0 Å². The van der Waals surface area contributed by atoms with Crippen molar-refractivity contribution in [2.75, 3.05) is 0 Å². The summed E-state index contributed by atoms with van der Waals surface area (Å²) in [6.45, 7) is 9.53. The zero-order valence-corrected chi connectivity index (χ0v) is 9.91. The van der Waals surface area contributed by atoms with Gasteiger partial charge >= 0.3 is 0 Å². The lowest BCUT2D eigenvalue weighted by Crippen LogP contribution is -1.94. The second-order valence-electron chi connectivity index (χ2n) is 2.29. The lowest BCUT2D eigenvalue weighted by Gasteiger charge is -2.03. The van der Waals surface area contributed by atoms with Crippen LogP contribution in [0.4, 0.5) is 0 Å². The van der Waals surface area contributed by atoms with Crippen molar-refractivity contribution in [1.29, 1.82) is 0 Å². The first-order chi connectivity index (χ1) is 3.63. The van der Waals surface area contributed by atoms with Gasteiger partial charge < -0.3 is 0 Å². The normalized spacial score (nSPS) is 11.2. The molecule has 0 N–H and O–H groups in total. The third kappa shape index (κ3) is 7.13. The van der Waals surface area contributed by atoms with Crippen molar-refractivity contribution in [3.63, 3.8) is 0 Å². The number of rotatable bonds is 3. The first-order valence-electron chi connectivity index (χ1n) is 2.95. The highest BCUT2D eigenvalue weighted by molar-refractivity contribution is 8.94. The smallest absolute Gasteiger partial charge is 0.108 e. The van der Waals surface area contributed by atoms with E-state index in [-0.39, 0.29) is 15.9 Å². The van der Waals surface area contributed by atoms with E-state index in [0.717, 1.165) is 0 Å². The highest BCUT2D eigenvalue weighted by atomic mass is 33.3. The van der Waals surface area contributed by atoms with E-state index in [0.29, 0.717) is 0 Å². The van der Waals surface area contributed by atoms with Gasteiger partial charge in [0.2, 0.25) is 0 Å². The van der Waals surface area contributed by atoms with Gasteiger partial charge in [0.1, 0.15) is 15.9 Å². The standard InChI is InChI=1S/C4H14S2Si2/c1-7(2)5-6-8(3)4/h7-8H,1-4H3. The van der Waals surface area contributed by atoms with Gasteiger partial charge in [-0.2, -0.15) is 0 Å². The van der Waals surface area contributed by atoms with Crippen LogP contribution in [-0.4, -0.2) is 15.9 Å². The molecule has 0 amide bonds. The Balaban J connectivity index is 2.93. The van der Waals surface area contributed by atoms with E-state index in [1.54, 1.807) is 0 Å². The molecule has 0 aromatic carbocycles. The van der Waals surface area contributed by atoms with Gasteiger partial charge in [-0.3, -0.25) is 0 Å². The lowest BCUT2D eigenvalue weighted by molar-refractivity contribution is 2.11. The largest absolute Gasteiger partial charge is 0.132 e. The van der Waals surface area contributed by atoms with Gasteiger partial charge in [-0.15, -0.1) is 20.5 Å². The van der Waals surface area contributed by atoms with Crippen LogP contribution in [0.25, 0.3) is 0 Å². The first-order valence-corrected chi connectivity index (χ1v) is 12.7. The minimum atomic E-state index is -0.312. The van der Waals surface area contributed by atoms with Crippen LogP contribution in [0.15, 0.2) is 0 Å². The summed E-state index contributed by atoms with van der Waals surface area (Å²) in [6, 6.07) is 0. The van der Waals surface area contributed by atoms with E-state index in [9.17, 15) is 0 Å². The SMILES string of the molecule is C[SiH](C)SS[SiH](C)C. The van der Waals surface area contributed by atoms with E-state index >= 15 is 0 Å². The van der Waals surface area contributed by atoms with Crippen molar-refractivity contribution in [3.8, 4) is 0 Å². The van der Waals surface area contributed by atoms with Crippen molar-refractivity contribution < 1.29 is 0 Å². The van der Waals surface area contributed by atoms with E-state index < -0.39 is 0 Å². The van der Waals surface area contributed by atoms with Crippen LogP contribution in [0.1, 0.15) is 0 Å². The fourth-order valence-electron chi connectivity index (χ4n) is 0.222. The van der Waals surface area contributed by atoms with Crippen LogP contribution in [0.5, 0.6) is 0 Å². The zero-order valence-electron chi connectivity index (χ0n) is 5.97. The fraction of sp³-hybridized carbons (Fsp3) is 1.00. The zero-order chi connectivity index (χ0) is 6.57. The van der Waals surface area contributed by atoms with Crippen molar-refractivity contribution >= 4 is 36.4 Å². The molecule has 0 saturated heterocycles. The van der Waals surface area contributed by atoms with Gasteiger partial charge in [0, 0.05) is 0 Å². The van der Waals surface area contributed by atoms with Gasteiger partial charge in [-0.1, -0.05) is 26.2 Å². The third-order valence-corrected chi connectivity index (χ3v) is 14.9. The number of hydrogen-bond acceptors (Lipinski definition) is 2. The Labute approximate surface area is 62.7 Å². The van der Waals surface area contributed by atoms with Gasteiger partial charge in [0.05, 0.1) is 0 Å². The molecule has 50 valence electrons. The molecule has 0 nitrogen and oxygen atoms in total. The molecule has 0 aromatic heterocycles. The maximum atomic E-state index is 2.38. The summed E-state index contributed by atoms with van der Waals surface area (Å²) in [5, 5.41) is 0. The predicted molar refractivity (Wildman–Crippen MR) is 52.9 cm³/mol. The molecule has 0 unspecified atom stereocenters. The predicted octanol–water partition coefficient (Wildman–Crippen LogP) is 2.33. The molecule has 0 fully saturated rings. The van der Waals surface area contributed by atoms with Gasteiger partial charge in [-0.25, -0.2) is 0 Å². The average Bonchev–Trinajstić information content (AvgIpc) is 1.61. The van der Waals surface area contributed by atoms with E-state index in [1.165, 1.54) is 0 Å². The van der Waals surface area contributed by atoms with E-state index in [4.69, 9.17) is 0 Å². The Morgan fingerprint density at radius 2 is 1.00 bits per heavy atom. The molecule has 0 spiro atoms. The van der Waals surface area contributed by atoms with Gasteiger partial charge in [-0.05, 0) is 0 Å². The topological polar surface area (TPSA) is 0 Å². The van der Waals surface area contributed by atoms with Crippen molar-refractivity contribution in [2.45, 2.75) is 26.2 Å². The molecule has 4 heteroatoms. The Kier molecular flexibility index (Phi) is 5.66. The highest BCUT2D eigenvalue weighted by Gasteiger charge is 1.99. The molecule has 0 aliphatic carbocycles. The van der Waals surface area contributed by atoms with Gasteiger partial charge in [0.25, 0.3) is 0 Å². The quantitative estimate of drug-likeness (QED) is 0.485. The molecule has 0 saturated carbocycles. The fourth-order valence-corrected chi connectivity index (χ4v) is 18.0. The number of hydrogen-bond donors (Lipinski definition) is 0. The maximum Gasteiger partial charge on any atom is 0.108 e. The Bertz CT molecular complexity index is 48.0. The van der Waals surface area contributed by atoms with Crippen LogP contribution in [-0.2, 0) is 0 Å². The molecular weight excluding hydrogens is 168 g/mol.